The molecule has 3 aromatic rings. The number of para-hydroxylation sites is 1. The second-order valence-corrected chi connectivity index (χ2v) is 8.28. The van der Waals surface area contributed by atoms with Crippen molar-refractivity contribution < 1.29 is 9.67 Å². The predicted molar refractivity (Wildman–Crippen MR) is 112 cm³/mol. The maximum absolute atomic E-state index is 10.9. The Morgan fingerprint density at radius 1 is 1.12 bits per heavy atom. The highest BCUT2D eigenvalue weighted by Gasteiger charge is 2.24. The summed E-state index contributed by atoms with van der Waals surface area (Å²) in [5.41, 5.74) is 2.48. The number of anilines is 1. The molecule has 2 N–H and O–H groups in total. The van der Waals surface area contributed by atoms with Gasteiger partial charge in [0.15, 0.2) is 17.4 Å². The van der Waals surface area contributed by atoms with E-state index in [0.29, 0.717) is 10.7 Å². The zero-order valence-electron chi connectivity index (χ0n) is 13.4. The molecule has 2 aromatic heterocycles. The van der Waals surface area contributed by atoms with Crippen molar-refractivity contribution in [1.29, 1.82) is 0 Å². The number of thiocarbonyl (C=S) groups is 1. The first-order valence-corrected chi connectivity index (χ1v) is 9.60. The number of pyridine rings is 1. The van der Waals surface area contributed by atoms with Gasteiger partial charge in [0.2, 0.25) is 5.76 Å². The summed E-state index contributed by atoms with van der Waals surface area (Å²) in [7, 11) is 0. The summed E-state index contributed by atoms with van der Waals surface area (Å²) < 4.78 is 2.79. The van der Waals surface area contributed by atoms with E-state index >= 15 is 0 Å². The molecule has 1 aromatic carbocycles. The van der Waals surface area contributed by atoms with Gasteiger partial charge in [0.1, 0.15) is 0 Å². The smallest absolute Gasteiger partial charge is 0.289 e. The van der Waals surface area contributed by atoms with Crippen molar-refractivity contribution in [2.75, 3.05) is 5.32 Å². The van der Waals surface area contributed by atoms with E-state index in [2.05, 4.69) is 21.2 Å². The van der Waals surface area contributed by atoms with Gasteiger partial charge in [-0.2, -0.15) is 4.57 Å². The third kappa shape index (κ3) is 4.34. The van der Waals surface area contributed by atoms with Gasteiger partial charge in [0.05, 0.1) is 8.66 Å². The molecular formula is C19H16BrN2OS2+. The highest BCUT2D eigenvalue weighted by atomic mass is 79.9. The SMILES string of the molecule is Cc1ccc[n+](/C(C(=S)Nc2ccccc2)=C(\O)c2ccc(Br)s2)c1. The van der Waals surface area contributed by atoms with Crippen molar-refractivity contribution >= 4 is 61.6 Å². The average molecular weight is 432 g/mol. The summed E-state index contributed by atoms with van der Waals surface area (Å²) in [5, 5.41) is 14.1. The number of halogens is 1. The topological polar surface area (TPSA) is 36.1 Å². The van der Waals surface area contributed by atoms with Crippen LogP contribution in [0.25, 0.3) is 11.5 Å². The number of nitrogens with zero attached hydrogens (tertiary/aromatic N) is 1. The first kappa shape index (κ1) is 17.8. The van der Waals surface area contributed by atoms with Crippen molar-refractivity contribution in [1.82, 2.24) is 0 Å². The molecule has 0 aliphatic heterocycles. The minimum Gasteiger partial charge on any atom is -0.501 e. The van der Waals surface area contributed by atoms with Gasteiger partial charge in [-0.05, 0) is 53.2 Å². The lowest BCUT2D eigenvalue weighted by atomic mass is 10.2. The first-order chi connectivity index (χ1) is 12.0. The fraction of sp³-hybridized carbons (Fsp3) is 0.0526. The lowest BCUT2D eigenvalue weighted by Crippen LogP contribution is -2.38. The quantitative estimate of drug-likeness (QED) is 0.250. The van der Waals surface area contributed by atoms with Crippen LogP contribution in [0.2, 0.25) is 0 Å². The molecule has 25 heavy (non-hydrogen) atoms. The molecule has 0 atom stereocenters. The molecule has 3 rings (SSSR count). The van der Waals surface area contributed by atoms with E-state index in [1.165, 1.54) is 11.3 Å². The summed E-state index contributed by atoms with van der Waals surface area (Å²) in [6.45, 7) is 2.00. The van der Waals surface area contributed by atoms with Crippen LogP contribution in [-0.2, 0) is 0 Å². The zero-order chi connectivity index (χ0) is 17.8. The number of hydrogen-bond donors (Lipinski definition) is 2. The molecule has 126 valence electrons. The number of aliphatic hydroxyl groups excluding tert-OH is 1. The molecule has 0 aliphatic carbocycles. The van der Waals surface area contributed by atoms with Crippen LogP contribution in [-0.4, -0.2) is 10.1 Å². The number of rotatable bonds is 4. The van der Waals surface area contributed by atoms with Crippen LogP contribution in [0.4, 0.5) is 5.69 Å². The fourth-order valence-corrected chi connectivity index (χ4v) is 4.00. The van der Waals surface area contributed by atoms with Crippen molar-refractivity contribution in [3.63, 3.8) is 0 Å². The molecule has 0 bridgehead atoms. The summed E-state index contributed by atoms with van der Waals surface area (Å²) >= 11 is 10.5. The Morgan fingerprint density at radius 3 is 2.52 bits per heavy atom. The maximum Gasteiger partial charge on any atom is 0.289 e. The number of hydrogen-bond acceptors (Lipinski definition) is 3. The fourth-order valence-electron chi connectivity index (χ4n) is 2.35. The lowest BCUT2D eigenvalue weighted by molar-refractivity contribution is -0.576. The third-order valence-electron chi connectivity index (χ3n) is 3.48. The summed E-state index contributed by atoms with van der Waals surface area (Å²) in [6, 6.07) is 17.4. The molecule has 0 saturated heterocycles. The van der Waals surface area contributed by atoms with Crippen LogP contribution in [0, 0.1) is 6.92 Å². The maximum atomic E-state index is 10.9. The monoisotopic (exact) mass is 431 g/mol. The Morgan fingerprint density at radius 2 is 1.88 bits per heavy atom. The van der Waals surface area contributed by atoms with E-state index in [1.807, 2.05) is 78.5 Å². The largest absolute Gasteiger partial charge is 0.501 e. The molecule has 2 heterocycles. The molecular weight excluding hydrogens is 416 g/mol. The van der Waals surface area contributed by atoms with Gasteiger partial charge in [-0.15, -0.1) is 11.3 Å². The van der Waals surface area contributed by atoms with Gasteiger partial charge in [-0.25, -0.2) is 0 Å². The van der Waals surface area contributed by atoms with Crippen molar-refractivity contribution in [2.45, 2.75) is 6.92 Å². The van der Waals surface area contributed by atoms with Gasteiger partial charge in [-0.3, -0.25) is 0 Å². The number of benzene rings is 1. The number of thiophene rings is 1. The van der Waals surface area contributed by atoms with Crippen molar-refractivity contribution in [3.05, 3.63) is 81.2 Å². The van der Waals surface area contributed by atoms with Crippen LogP contribution in [0.5, 0.6) is 0 Å². The number of aliphatic hydroxyl groups is 1. The molecule has 0 radical (unpaired) electrons. The van der Waals surface area contributed by atoms with Gasteiger partial charge < -0.3 is 10.4 Å². The van der Waals surface area contributed by atoms with Crippen molar-refractivity contribution in [2.24, 2.45) is 0 Å². The highest BCUT2D eigenvalue weighted by Crippen LogP contribution is 2.29. The Bertz CT molecular complexity index is 935. The predicted octanol–water partition coefficient (Wildman–Crippen LogP) is 5.43. The van der Waals surface area contributed by atoms with Crippen molar-refractivity contribution in [3.8, 4) is 0 Å². The van der Waals surface area contributed by atoms with Gasteiger partial charge >= 0.3 is 0 Å². The van der Waals surface area contributed by atoms with Crippen LogP contribution in [0.3, 0.4) is 0 Å². The number of aryl methyl sites for hydroxylation is 1. The zero-order valence-corrected chi connectivity index (χ0v) is 16.7. The Hall–Kier alpha value is -2.02. The third-order valence-corrected chi connectivity index (χ3v) is 5.41. The summed E-state index contributed by atoms with van der Waals surface area (Å²) in [6.07, 6.45) is 3.81. The van der Waals surface area contributed by atoms with Crippen LogP contribution < -0.4 is 9.88 Å². The lowest BCUT2D eigenvalue weighted by Gasteiger charge is -2.09. The molecule has 0 saturated carbocycles. The minimum absolute atomic E-state index is 0.139. The molecule has 0 spiro atoms. The van der Waals surface area contributed by atoms with Crippen LogP contribution in [0.1, 0.15) is 10.4 Å². The van der Waals surface area contributed by atoms with E-state index < -0.39 is 0 Å². The van der Waals surface area contributed by atoms with E-state index in [1.54, 1.807) is 0 Å². The number of nitrogens with one attached hydrogen (secondary N) is 1. The number of aromatic nitrogens is 1. The highest BCUT2D eigenvalue weighted by molar-refractivity contribution is 9.11. The van der Waals surface area contributed by atoms with Gasteiger partial charge in [-0.1, -0.05) is 30.4 Å². The molecule has 0 aliphatic rings. The normalized spacial score (nSPS) is 11.8. The van der Waals surface area contributed by atoms with E-state index in [9.17, 15) is 5.11 Å². The second-order valence-electron chi connectivity index (χ2n) is 5.41. The van der Waals surface area contributed by atoms with E-state index in [-0.39, 0.29) is 5.76 Å². The Kier molecular flexibility index (Phi) is 5.63. The Balaban J connectivity index is 2.07. The summed E-state index contributed by atoms with van der Waals surface area (Å²) in [5.74, 6) is 0.139. The van der Waals surface area contributed by atoms with Crippen LogP contribution in [0.15, 0.2) is 70.8 Å². The second kappa shape index (κ2) is 7.91. The molecule has 0 fully saturated rings. The molecule has 0 amide bonds. The van der Waals surface area contributed by atoms with Gasteiger partial charge in [0.25, 0.3) is 5.70 Å². The molecule has 3 nitrogen and oxygen atoms in total. The summed E-state index contributed by atoms with van der Waals surface area (Å²) in [4.78, 5) is 1.19. The molecule has 0 unspecified atom stereocenters. The first-order valence-electron chi connectivity index (χ1n) is 7.58. The standard InChI is InChI=1S/C19H15BrN2OS2/c1-13-6-5-11-22(12-13)17(18(23)15-9-10-16(20)25-15)19(24)21-14-7-3-2-4-8-14/h2-12H,1H3,(H-,21,23,24)/p+1. The van der Waals surface area contributed by atoms with Gasteiger partial charge in [0, 0.05) is 17.3 Å². The molecule has 6 heteroatoms. The van der Waals surface area contributed by atoms with Crippen LogP contribution >= 0.6 is 39.5 Å². The average Bonchev–Trinajstić information content (AvgIpc) is 3.02. The Labute approximate surface area is 164 Å². The minimum atomic E-state index is 0.139. The van der Waals surface area contributed by atoms with E-state index in [4.69, 9.17) is 12.2 Å². The van der Waals surface area contributed by atoms with E-state index in [0.717, 1.165) is 19.9 Å².